The number of nitrogens with zero attached hydrogens (tertiary/aromatic N) is 7. The predicted molar refractivity (Wildman–Crippen MR) is 79.2 cm³/mol. The van der Waals surface area contributed by atoms with E-state index in [1.165, 1.54) is 0 Å². The largest absolute Gasteiger partial charge is 0.354 e. The molecule has 0 fully saturated rings. The summed E-state index contributed by atoms with van der Waals surface area (Å²) in [5.74, 6) is 1.50. The summed E-state index contributed by atoms with van der Waals surface area (Å²) >= 11 is 0. The normalized spacial score (nSPS) is 10.1. The van der Waals surface area contributed by atoms with Crippen molar-refractivity contribution >= 4 is 11.9 Å². The van der Waals surface area contributed by atoms with Gasteiger partial charge in [0.05, 0.1) is 12.5 Å². The predicted octanol–water partition coefficient (Wildman–Crippen LogP) is 1.23. The zero-order chi connectivity index (χ0) is 15.1. The third kappa shape index (κ3) is 3.66. The van der Waals surface area contributed by atoms with E-state index >= 15 is 0 Å². The SMILES string of the molecule is CCNc1nc(N(CC)CCC#N)nc(-n2cccn2)n1. The van der Waals surface area contributed by atoms with Crippen LogP contribution in [0.4, 0.5) is 11.9 Å². The molecule has 0 aliphatic heterocycles. The number of hydrogen-bond acceptors (Lipinski definition) is 7. The summed E-state index contributed by atoms with van der Waals surface area (Å²) < 4.78 is 1.59. The Morgan fingerprint density at radius 3 is 2.81 bits per heavy atom. The molecular formula is C13H18N8. The van der Waals surface area contributed by atoms with Gasteiger partial charge in [-0.1, -0.05) is 0 Å². The van der Waals surface area contributed by atoms with Gasteiger partial charge in [-0.2, -0.15) is 25.3 Å². The van der Waals surface area contributed by atoms with Crippen molar-refractivity contribution in [3.63, 3.8) is 0 Å². The fourth-order valence-corrected chi connectivity index (χ4v) is 1.81. The van der Waals surface area contributed by atoms with E-state index in [1.54, 1.807) is 17.1 Å². The Bertz CT molecular complexity index is 601. The quantitative estimate of drug-likeness (QED) is 0.817. The average Bonchev–Trinajstić information content (AvgIpc) is 3.02. The molecule has 2 aromatic rings. The van der Waals surface area contributed by atoms with Crippen molar-refractivity contribution in [1.82, 2.24) is 24.7 Å². The molecule has 8 heteroatoms. The molecule has 8 nitrogen and oxygen atoms in total. The van der Waals surface area contributed by atoms with Gasteiger partial charge < -0.3 is 10.2 Å². The lowest BCUT2D eigenvalue weighted by atomic mass is 10.4. The van der Waals surface area contributed by atoms with Crippen LogP contribution in [0.2, 0.25) is 0 Å². The van der Waals surface area contributed by atoms with Crippen LogP contribution in [0.3, 0.4) is 0 Å². The molecule has 0 aliphatic rings. The summed E-state index contributed by atoms with van der Waals surface area (Å²) in [5.41, 5.74) is 0. The summed E-state index contributed by atoms with van der Waals surface area (Å²) in [6.45, 7) is 6.00. The number of rotatable bonds is 7. The molecule has 0 aliphatic carbocycles. The maximum Gasteiger partial charge on any atom is 0.257 e. The maximum absolute atomic E-state index is 8.74. The third-order valence-electron chi connectivity index (χ3n) is 2.81. The lowest BCUT2D eigenvalue weighted by Crippen LogP contribution is -2.27. The van der Waals surface area contributed by atoms with Crippen LogP contribution in [-0.2, 0) is 0 Å². The molecule has 0 atom stereocenters. The van der Waals surface area contributed by atoms with Gasteiger partial charge in [-0.05, 0) is 19.9 Å². The van der Waals surface area contributed by atoms with Crippen LogP contribution in [0.15, 0.2) is 18.5 Å². The van der Waals surface area contributed by atoms with Crippen molar-refractivity contribution < 1.29 is 0 Å². The molecule has 0 unspecified atom stereocenters. The highest BCUT2D eigenvalue weighted by Crippen LogP contribution is 2.13. The molecule has 1 N–H and O–H groups in total. The highest BCUT2D eigenvalue weighted by atomic mass is 15.4. The molecule has 2 heterocycles. The first-order chi connectivity index (χ1) is 10.3. The van der Waals surface area contributed by atoms with Crippen LogP contribution < -0.4 is 10.2 Å². The van der Waals surface area contributed by atoms with E-state index in [-0.39, 0.29) is 0 Å². The Kier molecular flexibility index (Phi) is 5.04. The van der Waals surface area contributed by atoms with Crippen LogP contribution in [0.1, 0.15) is 20.3 Å². The van der Waals surface area contributed by atoms with Crippen molar-refractivity contribution in [3.05, 3.63) is 18.5 Å². The molecule has 0 amide bonds. The molecular weight excluding hydrogens is 268 g/mol. The second-order valence-electron chi connectivity index (χ2n) is 4.23. The monoisotopic (exact) mass is 286 g/mol. The van der Waals surface area contributed by atoms with Gasteiger partial charge in [-0.3, -0.25) is 0 Å². The highest BCUT2D eigenvalue weighted by Gasteiger charge is 2.13. The van der Waals surface area contributed by atoms with Crippen LogP contribution in [0.25, 0.3) is 5.95 Å². The Balaban J connectivity index is 2.37. The van der Waals surface area contributed by atoms with Crippen molar-refractivity contribution in [1.29, 1.82) is 5.26 Å². The zero-order valence-electron chi connectivity index (χ0n) is 12.2. The van der Waals surface area contributed by atoms with Gasteiger partial charge in [0.25, 0.3) is 5.95 Å². The Morgan fingerprint density at radius 1 is 1.33 bits per heavy atom. The van der Waals surface area contributed by atoms with Crippen LogP contribution in [-0.4, -0.2) is 44.4 Å². The lowest BCUT2D eigenvalue weighted by Gasteiger charge is -2.20. The average molecular weight is 286 g/mol. The van der Waals surface area contributed by atoms with Crippen LogP contribution in [0.5, 0.6) is 0 Å². The highest BCUT2D eigenvalue weighted by molar-refractivity contribution is 5.40. The van der Waals surface area contributed by atoms with E-state index in [2.05, 4.69) is 31.4 Å². The zero-order valence-corrected chi connectivity index (χ0v) is 12.2. The van der Waals surface area contributed by atoms with Gasteiger partial charge in [0, 0.05) is 32.0 Å². The number of anilines is 2. The fourth-order valence-electron chi connectivity index (χ4n) is 1.81. The fraction of sp³-hybridized carbons (Fsp3) is 0.462. The first kappa shape index (κ1) is 14.7. The van der Waals surface area contributed by atoms with Gasteiger partial charge in [0.2, 0.25) is 11.9 Å². The van der Waals surface area contributed by atoms with Gasteiger partial charge in [0.1, 0.15) is 0 Å². The number of hydrogen-bond donors (Lipinski definition) is 1. The first-order valence-electron chi connectivity index (χ1n) is 6.90. The smallest absolute Gasteiger partial charge is 0.257 e. The molecule has 0 bridgehead atoms. The maximum atomic E-state index is 8.74. The molecule has 0 saturated heterocycles. The summed E-state index contributed by atoms with van der Waals surface area (Å²) in [6, 6.07) is 3.95. The van der Waals surface area contributed by atoms with E-state index in [4.69, 9.17) is 5.26 Å². The second kappa shape index (κ2) is 7.19. The number of nitrogens with one attached hydrogen (secondary N) is 1. The Hall–Kier alpha value is -2.69. The molecule has 0 spiro atoms. The van der Waals surface area contributed by atoms with Gasteiger partial charge in [-0.25, -0.2) is 4.68 Å². The van der Waals surface area contributed by atoms with Crippen LogP contribution >= 0.6 is 0 Å². The van der Waals surface area contributed by atoms with Crippen molar-refractivity contribution in [2.24, 2.45) is 0 Å². The third-order valence-corrected chi connectivity index (χ3v) is 2.81. The summed E-state index contributed by atoms with van der Waals surface area (Å²) in [6.07, 6.45) is 3.87. The van der Waals surface area contributed by atoms with Crippen molar-refractivity contribution in [2.75, 3.05) is 29.9 Å². The molecule has 0 radical (unpaired) electrons. The number of nitriles is 1. The standard InChI is InChI=1S/C13H18N8/c1-3-15-11-17-12(20(4-2)9-5-7-14)19-13(18-11)21-10-6-8-16-21/h6,8,10H,3-5,9H2,1-2H3,(H,15,17,18,19). The molecule has 2 rings (SSSR count). The van der Waals surface area contributed by atoms with Gasteiger partial charge >= 0.3 is 0 Å². The first-order valence-corrected chi connectivity index (χ1v) is 6.90. The minimum Gasteiger partial charge on any atom is -0.354 e. The second-order valence-corrected chi connectivity index (χ2v) is 4.23. The van der Waals surface area contributed by atoms with Crippen molar-refractivity contribution in [2.45, 2.75) is 20.3 Å². The Labute approximate surface area is 123 Å². The molecule has 0 aromatic carbocycles. The lowest BCUT2D eigenvalue weighted by molar-refractivity contribution is 0.750. The number of aromatic nitrogens is 5. The molecule has 0 saturated carbocycles. The van der Waals surface area contributed by atoms with E-state index in [9.17, 15) is 0 Å². The van der Waals surface area contributed by atoms with Gasteiger partial charge in [-0.15, -0.1) is 0 Å². The van der Waals surface area contributed by atoms with Gasteiger partial charge in [0.15, 0.2) is 0 Å². The molecule has 2 aromatic heterocycles. The topological polar surface area (TPSA) is 95.6 Å². The van der Waals surface area contributed by atoms with E-state index in [1.807, 2.05) is 24.8 Å². The Morgan fingerprint density at radius 2 is 2.19 bits per heavy atom. The summed E-state index contributed by atoms with van der Waals surface area (Å²) in [5, 5.41) is 16.0. The van der Waals surface area contributed by atoms with Crippen molar-refractivity contribution in [3.8, 4) is 12.0 Å². The minimum absolute atomic E-state index is 0.424. The minimum atomic E-state index is 0.424. The summed E-state index contributed by atoms with van der Waals surface area (Å²) in [4.78, 5) is 15.1. The van der Waals surface area contributed by atoms with E-state index in [0.717, 1.165) is 6.54 Å². The van der Waals surface area contributed by atoms with E-state index in [0.29, 0.717) is 37.4 Å². The van der Waals surface area contributed by atoms with Crippen LogP contribution in [0, 0.1) is 11.3 Å². The van der Waals surface area contributed by atoms with E-state index < -0.39 is 0 Å². The summed E-state index contributed by atoms with van der Waals surface area (Å²) in [7, 11) is 0. The molecule has 21 heavy (non-hydrogen) atoms. The molecule has 110 valence electrons.